The van der Waals surface area contributed by atoms with Crippen molar-refractivity contribution in [2.24, 2.45) is 0 Å². The molecule has 4 heteroatoms. The third kappa shape index (κ3) is 0.880. The Kier molecular flexibility index (Phi) is 1.26. The second-order valence-corrected chi connectivity index (χ2v) is 4.03. The van der Waals surface area contributed by atoms with Crippen molar-refractivity contribution in [1.82, 2.24) is 4.98 Å². The largest absolute Gasteiger partial charge is 0.477 e. The van der Waals surface area contributed by atoms with Gasteiger partial charge in [0.25, 0.3) is 0 Å². The lowest BCUT2D eigenvalue weighted by molar-refractivity contribution is 0.0690. The minimum absolute atomic E-state index is 0.119. The van der Waals surface area contributed by atoms with E-state index in [4.69, 9.17) is 5.11 Å². The van der Waals surface area contributed by atoms with E-state index in [1.165, 1.54) is 18.4 Å². The van der Waals surface area contributed by atoms with Gasteiger partial charge in [0.1, 0.15) is 5.82 Å². The van der Waals surface area contributed by atoms with Crippen molar-refractivity contribution < 1.29 is 9.90 Å². The average molecular weight is 190 g/mol. The van der Waals surface area contributed by atoms with Crippen LogP contribution in [0.2, 0.25) is 0 Å². The van der Waals surface area contributed by atoms with Crippen LogP contribution in [0.1, 0.15) is 28.9 Å². The predicted octanol–water partition coefficient (Wildman–Crippen LogP) is 1.24. The maximum absolute atomic E-state index is 10.7. The fraction of sp³-hybridized carbons (Fsp3) is 0.400. The second kappa shape index (κ2) is 2.26. The molecular formula is C10H10N2O2. The highest BCUT2D eigenvalue weighted by molar-refractivity contribution is 5.86. The molecule has 1 aliphatic carbocycles. The van der Waals surface area contributed by atoms with Crippen LogP contribution in [0, 0.1) is 0 Å². The first-order valence-electron chi connectivity index (χ1n) is 4.70. The number of hydrogen-bond acceptors (Lipinski definition) is 3. The zero-order valence-corrected chi connectivity index (χ0v) is 7.58. The van der Waals surface area contributed by atoms with Gasteiger partial charge in [-0.15, -0.1) is 0 Å². The number of anilines is 1. The number of aromatic carboxylic acids is 1. The maximum Gasteiger partial charge on any atom is 0.354 e. The molecule has 3 rings (SSSR count). The highest BCUT2D eigenvalue weighted by Crippen LogP contribution is 2.53. The number of hydrogen-bond donors (Lipinski definition) is 2. The van der Waals surface area contributed by atoms with Crippen LogP contribution in [0.5, 0.6) is 0 Å². The van der Waals surface area contributed by atoms with Crippen molar-refractivity contribution >= 4 is 11.8 Å². The molecule has 4 nitrogen and oxygen atoms in total. The van der Waals surface area contributed by atoms with Crippen LogP contribution in [-0.4, -0.2) is 22.6 Å². The maximum atomic E-state index is 10.7. The van der Waals surface area contributed by atoms with Gasteiger partial charge in [0, 0.05) is 17.5 Å². The Labute approximate surface area is 81.0 Å². The number of nitrogens with zero attached hydrogens (tertiary/aromatic N) is 1. The molecule has 72 valence electrons. The van der Waals surface area contributed by atoms with E-state index in [0.717, 1.165) is 12.4 Å². The Morgan fingerprint density at radius 2 is 2.29 bits per heavy atom. The van der Waals surface area contributed by atoms with Crippen molar-refractivity contribution in [2.75, 3.05) is 11.9 Å². The van der Waals surface area contributed by atoms with E-state index in [9.17, 15) is 4.79 Å². The molecule has 0 amide bonds. The highest BCUT2D eigenvalue weighted by atomic mass is 16.4. The summed E-state index contributed by atoms with van der Waals surface area (Å²) in [6.45, 7) is 0.915. The lowest BCUT2D eigenvalue weighted by atomic mass is 10.0. The number of nitrogens with one attached hydrogen (secondary N) is 1. The smallest absolute Gasteiger partial charge is 0.354 e. The highest BCUT2D eigenvalue weighted by Gasteiger charge is 2.49. The Balaban J connectivity index is 2.09. The monoisotopic (exact) mass is 190 g/mol. The number of carboxylic acids is 1. The van der Waals surface area contributed by atoms with Crippen molar-refractivity contribution in [3.8, 4) is 0 Å². The molecule has 1 aliphatic heterocycles. The number of pyridine rings is 1. The topological polar surface area (TPSA) is 62.2 Å². The number of carboxylic acid groups (broad SMARTS) is 1. The number of carbonyl (C=O) groups is 1. The molecule has 2 heterocycles. The van der Waals surface area contributed by atoms with Crippen molar-refractivity contribution in [3.05, 3.63) is 23.4 Å². The van der Waals surface area contributed by atoms with Crippen LogP contribution < -0.4 is 5.32 Å². The normalized spacial score (nSPS) is 20.3. The number of rotatable bonds is 1. The molecule has 1 fully saturated rings. The zero-order chi connectivity index (χ0) is 9.76. The third-order valence-electron chi connectivity index (χ3n) is 3.13. The van der Waals surface area contributed by atoms with E-state index < -0.39 is 5.97 Å². The van der Waals surface area contributed by atoms with Gasteiger partial charge in [0.05, 0.1) is 0 Å². The third-order valence-corrected chi connectivity index (χ3v) is 3.13. The Hall–Kier alpha value is -1.58. The summed E-state index contributed by atoms with van der Waals surface area (Å²) < 4.78 is 0. The van der Waals surface area contributed by atoms with Gasteiger partial charge < -0.3 is 10.4 Å². The molecule has 1 saturated carbocycles. The standard InChI is InChI=1S/C10H10N2O2/c13-9(14)7-2-1-6-8(12-7)11-5-10(6)3-4-10/h1-2H,3-5H2,(H,11,12)(H,13,14). The second-order valence-electron chi connectivity index (χ2n) is 4.03. The molecule has 0 radical (unpaired) electrons. The molecule has 14 heavy (non-hydrogen) atoms. The molecular weight excluding hydrogens is 180 g/mol. The van der Waals surface area contributed by atoms with Crippen LogP contribution in [0.3, 0.4) is 0 Å². The van der Waals surface area contributed by atoms with Crippen molar-refractivity contribution in [3.63, 3.8) is 0 Å². The number of fused-ring (bicyclic) bond motifs is 2. The van der Waals surface area contributed by atoms with Gasteiger partial charge in [-0.05, 0) is 18.9 Å². The first kappa shape index (κ1) is 7.79. The van der Waals surface area contributed by atoms with E-state index in [0.29, 0.717) is 5.41 Å². The first-order valence-corrected chi connectivity index (χ1v) is 4.70. The minimum atomic E-state index is -0.966. The van der Waals surface area contributed by atoms with Gasteiger partial charge in [-0.1, -0.05) is 6.07 Å². The van der Waals surface area contributed by atoms with E-state index >= 15 is 0 Å². The molecule has 1 spiro atoms. The summed E-state index contributed by atoms with van der Waals surface area (Å²) in [4.78, 5) is 14.8. The summed E-state index contributed by atoms with van der Waals surface area (Å²) in [5.74, 6) is -0.200. The van der Waals surface area contributed by atoms with Gasteiger partial charge in [-0.2, -0.15) is 0 Å². The number of aromatic nitrogens is 1. The summed E-state index contributed by atoms with van der Waals surface area (Å²) in [5.41, 5.74) is 1.61. The molecule has 0 aromatic carbocycles. The summed E-state index contributed by atoms with van der Waals surface area (Å²) in [5, 5.41) is 11.9. The molecule has 0 unspecified atom stereocenters. The predicted molar refractivity (Wildman–Crippen MR) is 50.6 cm³/mol. The lowest BCUT2D eigenvalue weighted by Gasteiger charge is -2.04. The van der Waals surface area contributed by atoms with Crippen LogP contribution in [-0.2, 0) is 5.41 Å². The zero-order valence-electron chi connectivity index (χ0n) is 7.58. The van der Waals surface area contributed by atoms with Crippen LogP contribution in [0.15, 0.2) is 12.1 Å². The van der Waals surface area contributed by atoms with Crippen molar-refractivity contribution in [2.45, 2.75) is 18.3 Å². The molecule has 0 atom stereocenters. The molecule has 0 bridgehead atoms. The van der Waals surface area contributed by atoms with E-state index in [1.807, 2.05) is 6.07 Å². The molecule has 0 saturated heterocycles. The van der Waals surface area contributed by atoms with E-state index in [1.54, 1.807) is 6.07 Å². The summed E-state index contributed by atoms with van der Waals surface area (Å²) in [6, 6.07) is 3.49. The lowest BCUT2D eigenvalue weighted by Crippen LogP contribution is -2.08. The van der Waals surface area contributed by atoms with Gasteiger partial charge >= 0.3 is 5.97 Å². The molecule has 2 N–H and O–H groups in total. The Morgan fingerprint density at radius 3 is 2.93 bits per heavy atom. The summed E-state index contributed by atoms with van der Waals surface area (Å²) in [7, 11) is 0. The molecule has 1 aromatic heterocycles. The van der Waals surface area contributed by atoms with Gasteiger partial charge in [0.15, 0.2) is 5.69 Å². The van der Waals surface area contributed by atoms with Crippen LogP contribution >= 0.6 is 0 Å². The van der Waals surface area contributed by atoms with Gasteiger partial charge in [0.2, 0.25) is 0 Å². The van der Waals surface area contributed by atoms with Gasteiger partial charge in [-0.25, -0.2) is 9.78 Å². The summed E-state index contributed by atoms with van der Waals surface area (Å²) >= 11 is 0. The Bertz CT molecular complexity index is 424. The Morgan fingerprint density at radius 1 is 1.50 bits per heavy atom. The van der Waals surface area contributed by atoms with Crippen LogP contribution in [0.25, 0.3) is 0 Å². The van der Waals surface area contributed by atoms with E-state index in [2.05, 4.69) is 10.3 Å². The summed E-state index contributed by atoms with van der Waals surface area (Å²) in [6.07, 6.45) is 2.39. The fourth-order valence-electron chi connectivity index (χ4n) is 2.09. The molecule has 1 aromatic rings. The SMILES string of the molecule is O=C(O)c1ccc2c(n1)NCC21CC1. The minimum Gasteiger partial charge on any atom is -0.477 e. The first-order chi connectivity index (χ1) is 6.71. The van der Waals surface area contributed by atoms with Crippen LogP contribution in [0.4, 0.5) is 5.82 Å². The molecule has 2 aliphatic rings. The van der Waals surface area contributed by atoms with Gasteiger partial charge in [-0.3, -0.25) is 0 Å². The van der Waals surface area contributed by atoms with E-state index in [-0.39, 0.29) is 5.69 Å². The van der Waals surface area contributed by atoms with Crippen molar-refractivity contribution in [1.29, 1.82) is 0 Å². The fourth-order valence-corrected chi connectivity index (χ4v) is 2.09. The average Bonchev–Trinajstić information content (AvgIpc) is 2.85. The quantitative estimate of drug-likeness (QED) is 0.699.